The summed E-state index contributed by atoms with van der Waals surface area (Å²) in [5.41, 5.74) is 1.44. The van der Waals surface area contributed by atoms with Crippen LogP contribution in [0.1, 0.15) is 12.5 Å². The van der Waals surface area contributed by atoms with Gasteiger partial charge in [-0.25, -0.2) is 4.98 Å². The third-order valence-electron chi connectivity index (χ3n) is 2.75. The molecular weight excluding hydrogens is 354 g/mol. The fraction of sp³-hybridized carbons (Fsp3) is 0.214. The maximum atomic E-state index is 12.2. The molecule has 7 heteroatoms. The summed E-state index contributed by atoms with van der Waals surface area (Å²) in [5.74, 6) is 0. The monoisotopic (exact) mass is 369 g/mol. The zero-order chi connectivity index (χ0) is 15.3. The number of hydrogen-bond acceptors (Lipinski definition) is 4. The summed E-state index contributed by atoms with van der Waals surface area (Å²) in [6, 6.07) is 10.2. The van der Waals surface area contributed by atoms with Gasteiger partial charge in [0.25, 0.3) is 10.0 Å². The van der Waals surface area contributed by atoms with Gasteiger partial charge in [-0.05, 0) is 42.4 Å². The van der Waals surface area contributed by atoms with Crippen LogP contribution in [0.15, 0.2) is 52.1 Å². The van der Waals surface area contributed by atoms with E-state index < -0.39 is 10.0 Å². The molecule has 1 aromatic carbocycles. The maximum Gasteiger partial charge on any atom is 0.279 e. The molecule has 112 valence electrons. The van der Waals surface area contributed by atoms with Crippen LogP contribution in [0.4, 0.5) is 5.69 Å². The molecule has 0 aliphatic rings. The quantitative estimate of drug-likeness (QED) is 0.820. The third-order valence-corrected chi connectivity index (χ3v) is 4.57. The van der Waals surface area contributed by atoms with Crippen molar-refractivity contribution in [2.75, 3.05) is 11.3 Å². The average molecular weight is 370 g/mol. The maximum absolute atomic E-state index is 12.2. The second-order valence-electron chi connectivity index (χ2n) is 4.40. The molecule has 0 radical (unpaired) electrons. The Morgan fingerprint density at radius 3 is 2.43 bits per heavy atom. The minimum absolute atomic E-state index is 0.00525. The van der Waals surface area contributed by atoms with Crippen LogP contribution in [0.5, 0.6) is 0 Å². The molecule has 0 atom stereocenters. The molecule has 0 unspecified atom stereocenters. The van der Waals surface area contributed by atoms with Gasteiger partial charge in [0.2, 0.25) is 0 Å². The highest BCUT2D eigenvalue weighted by atomic mass is 79.9. The number of nitrogens with zero attached hydrogens (tertiary/aromatic N) is 1. The number of sulfonamides is 1. The van der Waals surface area contributed by atoms with E-state index in [1.54, 1.807) is 36.5 Å². The normalized spacial score (nSPS) is 11.3. The Balaban J connectivity index is 2.13. The Morgan fingerprint density at radius 2 is 1.86 bits per heavy atom. The summed E-state index contributed by atoms with van der Waals surface area (Å²) in [6.07, 6.45) is 1.57. The Morgan fingerprint density at radius 1 is 1.14 bits per heavy atom. The predicted molar refractivity (Wildman–Crippen MR) is 86.6 cm³/mol. The Labute approximate surface area is 133 Å². The van der Waals surface area contributed by atoms with Gasteiger partial charge >= 0.3 is 0 Å². The van der Waals surface area contributed by atoms with Crippen molar-refractivity contribution in [2.45, 2.75) is 18.5 Å². The summed E-state index contributed by atoms with van der Waals surface area (Å²) in [7, 11) is -3.66. The smallest absolute Gasteiger partial charge is 0.279 e. The highest BCUT2D eigenvalue weighted by molar-refractivity contribution is 9.10. The van der Waals surface area contributed by atoms with E-state index in [0.29, 0.717) is 12.2 Å². The van der Waals surface area contributed by atoms with Crippen molar-refractivity contribution in [3.05, 3.63) is 52.6 Å². The van der Waals surface area contributed by atoms with Crippen molar-refractivity contribution in [2.24, 2.45) is 0 Å². The first-order valence-electron chi connectivity index (χ1n) is 6.45. The van der Waals surface area contributed by atoms with Crippen molar-refractivity contribution in [1.29, 1.82) is 0 Å². The molecule has 0 amide bonds. The lowest BCUT2D eigenvalue weighted by Gasteiger charge is -2.08. The highest BCUT2D eigenvalue weighted by Gasteiger charge is 2.15. The van der Waals surface area contributed by atoms with Gasteiger partial charge in [-0.3, -0.25) is 4.72 Å². The van der Waals surface area contributed by atoms with E-state index in [2.05, 4.69) is 31.0 Å². The van der Waals surface area contributed by atoms with Crippen molar-refractivity contribution in [3.63, 3.8) is 0 Å². The standard InChI is InChI=1S/C14H16BrN3O2S/c1-2-16-9-11-3-8-14(17-10-11)21(19,20)18-13-6-4-12(15)5-7-13/h3-8,10,16,18H,2,9H2,1H3. The number of anilines is 1. The van der Waals surface area contributed by atoms with Crippen molar-refractivity contribution in [1.82, 2.24) is 10.3 Å². The molecule has 0 fully saturated rings. The first kappa shape index (κ1) is 15.9. The van der Waals surface area contributed by atoms with E-state index in [0.717, 1.165) is 16.6 Å². The van der Waals surface area contributed by atoms with E-state index in [1.165, 1.54) is 6.07 Å². The number of benzene rings is 1. The van der Waals surface area contributed by atoms with Gasteiger partial charge in [0.15, 0.2) is 5.03 Å². The van der Waals surface area contributed by atoms with Crippen molar-refractivity contribution >= 4 is 31.6 Å². The molecule has 0 bridgehead atoms. The summed E-state index contributed by atoms with van der Waals surface area (Å²) < 4.78 is 27.8. The van der Waals surface area contributed by atoms with Crippen LogP contribution in [-0.2, 0) is 16.6 Å². The molecule has 2 rings (SSSR count). The van der Waals surface area contributed by atoms with Gasteiger partial charge < -0.3 is 5.32 Å². The first-order valence-corrected chi connectivity index (χ1v) is 8.73. The van der Waals surface area contributed by atoms with Gasteiger partial charge in [-0.2, -0.15) is 8.42 Å². The molecule has 0 saturated heterocycles. The SMILES string of the molecule is CCNCc1ccc(S(=O)(=O)Nc2ccc(Br)cc2)nc1. The van der Waals surface area contributed by atoms with Gasteiger partial charge in [0, 0.05) is 22.9 Å². The lowest BCUT2D eigenvalue weighted by Crippen LogP contribution is -2.15. The summed E-state index contributed by atoms with van der Waals surface area (Å²) >= 11 is 3.30. The predicted octanol–water partition coefficient (Wildman–Crippen LogP) is 2.75. The zero-order valence-corrected chi connectivity index (χ0v) is 13.9. The largest absolute Gasteiger partial charge is 0.313 e. The van der Waals surface area contributed by atoms with Crippen LogP contribution in [0.2, 0.25) is 0 Å². The Kier molecular flexibility index (Phi) is 5.33. The molecule has 2 aromatic rings. The fourth-order valence-corrected chi connectivity index (χ4v) is 2.92. The minimum Gasteiger partial charge on any atom is -0.313 e. The fourth-order valence-electron chi connectivity index (χ4n) is 1.67. The van der Waals surface area contributed by atoms with Crippen LogP contribution < -0.4 is 10.0 Å². The highest BCUT2D eigenvalue weighted by Crippen LogP contribution is 2.17. The second kappa shape index (κ2) is 7.02. The molecule has 0 aliphatic carbocycles. The average Bonchev–Trinajstić information content (AvgIpc) is 2.48. The van der Waals surface area contributed by atoms with Gasteiger partial charge in [-0.15, -0.1) is 0 Å². The molecule has 2 N–H and O–H groups in total. The third kappa shape index (κ3) is 4.52. The number of rotatable bonds is 6. The second-order valence-corrected chi connectivity index (χ2v) is 6.94. The van der Waals surface area contributed by atoms with Crippen LogP contribution in [0.3, 0.4) is 0 Å². The minimum atomic E-state index is -3.66. The molecule has 1 aromatic heterocycles. The summed E-state index contributed by atoms with van der Waals surface area (Å²) in [5, 5.41) is 3.16. The van der Waals surface area contributed by atoms with Crippen LogP contribution in [0.25, 0.3) is 0 Å². The topological polar surface area (TPSA) is 71.1 Å². The van der Waals surface area contributed by atoms with Gasteiger partial charge in [0.1, 0.15) is 0 Å². The van der Waals surface area contributed by atoms with Crippen LogP contribution in [0, 0.1) is 0 Å². The number of hydrogen-bond donors (Lipinski definition) is 2. The van der Waals surface area contributed by atoms with Crippen molar-refractivity contribution < 1.29 is 8.42 Å². The lowest BCUT2D eigenvalue weighted by molar-refractivity contribution is 0.597. The number of aromatic nitrogens is 1. The number of pyridine rings is 1. The Bertz CT molecular complexity index is 685. The van der Waals surface area contributed by atoms with Gasteiger partial charge in [-0.1, -0.05) is 28.9 Å². The molecule has 0 saturated carbocycles. The summed E-state index contributed by atoms with van der Waals surface area (Å²) in [4.78, 5) is 4.02. The Hall–Kier alpha value is -1.44. The molecule has 0 spiro atoms. The lowest BCUT2D eigenvalue weighted by atomic mass is 10.3. The van der Waals surface area contributed by atoms with E-state index >= 15 is 0 Å². The van der Waals surface area contributed by atoms with Crippen LogP contribution in [-0.4, -0.2) is 19.9 Å². The van der Waals surface area contributed by atoms with Crippen molar-refractivity contribution in [3.8, 4) is 0 Å². The molecular formula is C14H16BrN3O2S. The van der Waals surface area contributed by atoms with E-state index in [-0.39, 0.29) is 5.03 Å². The first-order chi connectivity index (χ1) is 10.0. The molecule has 5 nitrogen and oxygen atoms in total. The molecule has 21 heavy (non-hydrogen) atoms. The zero-order valence-electron chi connectivity index (χ0n) is 11.5. The summed E-state index contributed by atoms with van der Waals surface area (Å²) in [6.45, 7) is 3.53. The van der Waals surface area contributed by atoms with E-state index in [1.807, 2.05) is 6.92 Å². The van der Waals surface area contributed by atoms with E-state index in [9.17, 15) is 8.42 Å². The van der Waals surface area contributed by atoms with E-state index in [4.69, 9.17) is 0 Å². The number of nitrogens with one attached hydrogen (secondary N) is 2. The van der Waals surface area contributed by atoms with Gasteiger partial charge in [0.05, 0.1) is 0 Å². The molecule has 1 heterocycles. The number of halogens is 1. The molecule has 0 aliphatic heterocycles. The van der Waals surface area contributed by atoms with Crippen LogP contribution >= 0.6 is 15.9 Å².